The predicted octanol–water partition coefficient (Wildman–Crippen LogP) is 3.59. The third-order valence-electron chi connectivity index (χ3n) is 2.87. The monoisotopic (exact) mass is 353 g/mol. The quantitative estimate of drug-likeness (QED) is 0.504. The van der Waals surface area contributed by atoms with Gasteiger partial charge < -0.3 is 15.2 Å². The molecule has 0 spiro atoms. The molecule has 120 valence electrons. The fourth-order valence-corrected chi connectivity index (χ4v) is 2.25. The number of hydrogen-bond acceptors (Lipinski definition) is 5. The van der Waals surface area contributed by atoms with E-state index in [0.29, 0.717) is 5.56 Å². The van der Waals surface area contributed by atoms with E-state index in [-0.39, 0.29) is 34.5 Å². The van der Waals surface area contributed by atoms with Gasteiger partial charge in [0.1, 0.15) is 13.2 Å². The summed E-state index contributed by atoms with van der Waals surface area (Å²) in [5.74, 6) is -1.19. The Morgan fingerprint density at radius 3 is 2.22 bits per heavy atom. The lowest BCUT2D eigenvalue weighted by molar-refractivity contribution is 0.0266. The number of halogens is 2. The average molecular weight is 354 g/mol. The lowest BCUT2D eigenvalue weighted by Crippen LogP contribution is -2.15. The minimum atomic E-state index is -0.692. The SMILES string of the molecule is Nc1c(Cl)cc(Cl)cc1C(=O)OCCOC(=O)c1ccccc1. The van der Waals surface area contributed by atoms with E-state index < -0.39 is 11.9 Å². The van der Waals surface area contributed by atoms with Crippen LogP contribution in [-0.4, -0.2) is 25.2 Å². The lowest BCUT2D eigenvalue weighted by Gasteiger charge is -2.09. The van der Waals surface area contributed by atoms with Crippen LogP contribution in [0.15, 0.2) is 42.5 Å². The summed E-state index contributed by atoms with van der Waals surface area (Å²) in [5.41, 5.74) is 6.28. The van der Waals surface area contributed by atoms with E-state index in [4.69, 9.17) is 38.4 Å². The van der Waals surface area contributed by atoms with E-state index in [1.807, 2.05) is 0 Å². The molecule has 2 rings (SSSR count). The van der Waals surface area contributed by atoms with E-state index in [1.165, 1.54) is 12.1 Å². The maximum absolute atomic E-state index is 11.9. The molecule has 0 saturated heterocycles. The van der Waals surface area contributed by atoms with Gasteiger partial charge in [-0.05, 0) is 24.3 Å². The van der Waals surface area contributed by atoms with Gasteiger partial charge in [0.25, 0.3) is 0 Å². The number of carbonyl (C=O) groups excluding carboxylic acids is 2. The number of nitrogens with two attached hydrogens (primary N) is 1. The standard InChI is InChI=1S/C16H13Cl2NO4/c17-11-8-12(14(19)13(18)9-11)16(21)23-7-6-22-15(20)10-4-2-1-3-5-10/h1-5,8-9H,6-7,19H2. The van der Waals surface area contributed by atoms with Crippen molar-refractivity contribution in [1.29, 1.82) is 0 Å². The Kier molecular flexibility index (Phi) is 5.84. The second-order valence-corrected chi connectivity index (χ2v) is 5.33. The first kappa shape index (κ1) is 17.1. The van der Waals surface area contributed by atoms with Crippen molar-refractivity contribution < 1.29 is 19.1 Å². The molecular formula is C16H13Cl2NO4. The van der Waals surface area contributed by atoms with Gasteiger partial charge in [-0.25, -0.2) is 9.59 Å². The molecule has 2 aromatic rings. The van der Waals surface area contributed by atoms with E-state index in [1.54, 1.807) is 30.3 Å². The molecule has 0 amide bonds. The third-order valence-corrected chi connectivity index (χ3v) is 3.40. The van der Waals surface area contributed by atoms with Crippen molar-refractivity contribution >= 4 is 40.8 Å². The Morgan fingerprint density at radius 1 is 0.957 bits per heavy atom. The number of rotatable bonds is 5. The van der Waals surface area contributed by atoms with Crippen molar-refractivity contribution in [3.8, 4) is 0 Å². The van der Waals surface area contributed by atoms with Crippen molar-refractivity contribution in [1.82, 2.24) is 0 Å². The maximum atomic E-state index is 11.9. The van der Waals surface area contributed by atoms with E-state index in [9.17, 15) is 9.59 Å². The molecule has 0 aliphatic carbocycles. The van der Waals surface area contributed by atoms with Crippen LogP contribution in [0.1, 0.15) is 20.7 Å². The van der Waals surface area contributed by atoms with Gasteiger partial charge in [0, 0.05) is 5.02 Å². The smallest absolute Gasteiger partial charge is 0.340 e. The maximum Gasteiger partial charge on any atom is 0.340 e. The summed E-state index contributed by atoms with van der Waals surface area (Å²) in [6.07, 6.45) is 0. The third kappa shape index (κ3) is 4.61. The summed E-state index contributed by atoms with van der Waals surface area (Å²) in [6.45, 7) is -0.186. The fraction of sp³-hybridized carbons (Fsp3) is 0.125. The molecule has 23 heavy (non-hydrogen) atoms. The number of ether oxygens (including phenoxy) is 2. The highest BCUT2D eigenvalue weighted by molar-refractivity contribution is 6.37. The molecule has 0 radical (unpaired) electrons. The van der Waals surface area contributed by atoms with E-state index in [2.05, 4.69) is 0 Å². The predicted molar refractivity (Wildman–Crippen MR) is 87.9 cm³/mol. The summed E-state index contributed by atoms with van der Waals surface area (Å²) in [5, 5.41) is 0.437. The van der Waals surface area contributed by atoms with Crippen LogP contribution in [-0.2, 0) is 9.47 Å². The first-order valence-corrected chi connectivity index (χ1v) is 7.38. The first-order valence-electron chi connectivity index (χ1n) is 6.63. The molecule has 0 aliphatic rings. The molecule has 7 heteroatoms. The van der Waals surface area contributed by atoms with Crippen LogP contribution in [0.5, 0.6) is 0 Å². The van der Waals surface area contributed by atoms with Crippen LogP contribution in [0.3, 0.4) is 0 Å². The second kappa shape index (κ2) is 7.85. The van der Waals surface area contributed by atoms with Crippen LogP contribution in [0.2, 0.25) is 10.0 Å². The Morgan fingerprint density at radius 2 is 1.57 bits per heavy atom. The van der Waals surface area contributed by atoms with Crippen molar-refractivity contribution in [2.75, 3.05) is 18.9 Å². The van der Waals surface area contributed by atoms with Gasteiger partial charge in [0.2, 0.25) is 0 Å². The Labute approximate surface area is 142 Å². The second-order valence-electron chi connectivity index (χ2n) is 4.49. The van der Waals surface area contributed by atoms with Gasteiger partial charge in [-0.3, -0.25) is 0 Å². The van der Waals surface area contributed by atoms with Crippen molar-refractivity contribution in [2.45, 2.75) is 0 Å². The molecule has 0 bridgehead atoms. The van der Waals surface area contributed by atoms with Crippen LogP contribution >= 0.6 is 23.2 Å². The summed E-state index contributed by atoms with van der Waals surface area (Å²) >= 11 is 11.7. The zero-order chi connectivity index (χ0) is 16.8. The molecule has 2 aromatic carbocycles. The number of benzene rings is 2. The number of anilines is 1. The van der Waals surface area contributed by atoms with Crippen molar-refractivity contribution in [2.24, 2.45) is 0 Å². The number of hydrogen-bond donors (Lipinski definition) is 1. The molecule has 0 fully saturated rings. The van der Waals surface area contributed by atoms with Crippen LogP contribution in [0, 0.1) is 0 Å². The van der Waals surface area contributed by atoms with Crippen molar-refractivity contribution in [3.63, 3.8) is 0 Å². The lowest BCUT2D eigenvalue weighted by atomic mass is 10.2. The molecule has 0 atom stereocenters. The highest BCUT2D eigenvalue weighted by Crippen LogP contribution is 2.27. The topological polar surface area (TPSA) is 78.6 Å². The first-order chi connectivity index (χ1) is 11.0. The summed E-state index contributed by atoms with van der Waals surface area (Å²) in [7, 11) is 0. The molecule has 5 nitrogen and oxygen atoms in total. The van der Waals surface area contributed by atoms with E-state index >= 15 is 0 Å². The fourth-order valence-electron chi connectivity index (χ4n) is 1.76. The molecule has 0 saturated carbocycles. The van der Waals surface area contributed by atoms with Gasteiger partial charge in [-0.15, -0.1) is 0 Å². The number of nitrogen functional groups attached to an aromatic ring is 1. The molecule has 0 aliphatic heterocycles. The van der Waals surface area contributed by atoms with Gasteiger partial charge in [-0.1, -0.05) is 41.4 Å². The number of carbonyl (C=O) groups is 2. The Hall–Kier alpha value is -2.24. The number of esters is 2. The zero-order valence-corrected chi connectivity index (χ0v) is 13.4. The van der Waals surface area contributed by atoms with Gasteiger partial charge >= 0.3 is 11.9 Å². The highest BCUT2D eigenvalue weighted by Gasteiger charge is 2.15. The van der Waals surface area contributed by atoms with Crippen molar-refractivity contribution in [3.05, 3.63) is 63.6 Å². The molecule has 0 heterocycles. The summed E-state index contributed by atoms with van der Waals surface area (Å²) in [6, 6.07) is 11.3. The average Bonchev–Trinajstić information content (AvgIpc) is 2.55. The Bertz CT molecular complexity index is 720. The molecule has 2 N–H and O–H groups in total. The normalized spacial score (nSPS) is 10.2. The van der Waals surface area contributed by atoms with Gasteiger partial charge in [0.05, 0.1) is 21.8 Å². The van der Waals surface area contributed by atoms with Gasteiger partial charge in [-0.2, -0.15) is 0 Å². The van der Waals surface area contributed by atoms with E-state index in [0.717, 1.165) is 0 Å². The van der Waals surface area contributed by atoms with Gasteiger partial charge in [0.15, 0.2) is 0 Å². The minimum absolute atomic E-state index is 0.0666. The molecule has 0 aromatic heterocycles. The summed E-state index contributed by atoms with van der Waals surface area (Å²) in [4.78, 5) is 23.6. The highest BCUT2D eigenvalue weighted by atomic mass is 35.5. The minimum Gasteiger partial charge on any atom is -0.458 e. The Balaban J connectivity index is 1.85. The molecular weight excluding hydrogens is 341 g/mol. The molecule has 0 unspecified atom stereocenters. The zero-order valence-electron chi connectivity index (χ0n) is 11.9. The van der Waals surface area contributed by atoms with Crippen LogP contribution in [0.4, 0.5) is 5.69 Å². The van der Waals surface area contributed by atoms with Crippen LogP contribution in [0.25, 0.3) is 0 Å². The van der Waals surface area contributed by atoms with Crippen LogP contribution < -0.4 is 5.73 Å². The summed E-state index contributed by atoms with van der Waals surface area (Å²) < 4.78 is 9.98. The largest absolute Gasteiger partial charge is 0.458 e.